The quantitative estimate of drug-likeness (QED) is 0.467. The van der Waals surface area contributed by atoms with Crippen LogP contribution in [0.25, 0.3) is 0 Å². The number of hydrogen-bond acceptors (Lipinski definition) is 4. The van der Waals surface area contributed by atoms with E-state index >= 15 is 0 Å². The van der Waals surface area contributed by atoms with Crippen LogP contribution in [0.4, 0.5) is 0 Å². The highest BCUT2D eigenvalue weighted by atomic mass is 16.3. The molecular weight excluding hydrogens is 388 g/mol. The summed E-state index contributed by atoms with van der Waals surface area (Å²) >= 11 is 0. The van der Waals surface area contributed by atoms with Crippen LogP contribution in [0, 0.1) is 23.7 Å². The Morgan fingerprint density at radius 3 is 2.06 bits per heavy atom. The number of fused-ring (bicyclic) bond motifs is 2. The van der Waals surface area contributed by atoms with Crippen LogP contribution < -0.4 is 0 Å². The van der Waals surface area contributed by atoms with Crippen LogP contribution in [0.1, 0.15) is 88.7 Å². The van der Waals surface area contributed by atoms with Crippen molar-refractivity contribution in [1.82, 2.24) is 0 Å². The van der Waals surface area contributed by atoms with Gasteiger partial charge in [-0.3, -0.25) is 0 Å². The van der Waals surface area contributed by atoms with E-state index in [0.717, 1.165) is 42.7 Å². The average molecular weight is 431 g/mol. The Morgan fingerprint density at radius 1 is 0.968 bits per heavy atom. The Labute approximate surface area is 188 Å². The minimum atomic E-state index is 0.0833. The number of rotatable bonds is 4. The van der Waals surface area contributed by atoms with Crippen molar-refractivity contribution in [2.45, 2.75) is 83.0 Å². The van der Waals surface area contributed by atoms with E-state index in [-0.39, 0.29) is 36.0 Å². The lowest BCUT2D eigenvalue weighted by molar-refractivity contribution is 0.0776. The molecule has 3 saturated carbocycles. The summed E-state index contributed by atoms with van der Waals surface area (Å²) in [5, 5.41) is 39.1. The topological polar surface area (TPSA) is 80.9 Å². The van der Waals surface area contributed by atoms with Gasteiger partial charge in [0, 0.05) is 12.2 Å². The predicted octanol–water partition coefficient (Wildman–Crippen LogP) is 5.63. The molecule has 3 aliphatic rings. The Kier molecular flexibility index (Phi) is 8.09. The second-order valence-corrected chi connectivity index (χ2v) is 10.8. The first kappa shape index (κ1) is 24.1. The zero-order valence-electron chi connectivity index (χ0n) is 19.4. The van der Waals surface area contributed by atoms with Crippen molar-refractivity contribution in [2.75, 3.05) is 13.2 Å². The number of phenols is 2. The van der Waals surface area contributed by atoms with Crippen molar-refractivity contribution in [3.05, 3.63) is 35.9 Å². The fraction of sp³-hybridized carbons (Fsp3) is 0.704. The van der Waals surface area contributed by atoms with Crippen molar-refractivity contribution in [1.29, 1.82) is 0 Å². The average Bonchev–Trinajstić information content (AvgIpc) is 2.72. The first-order chi connectivity index (χ1) is 14.8. The highest BCUT2D eigenvalue weighted by Crippen LogP contribution is 2.56. The number of aliphatic hydroxyl groups excluding tert-OH is 2. The van der Waals surface area contributed by atoms with E-state index < -0.39 is 0 Å². The molecule has 31 heavy (non-hydrogen) atoms. The van der Waals surface area contributed by atoms with Gasteiger partial charge in [0.1, 0.15) is 11.5 Å². The van der Waals surface area contributed by atoms with E-state index in [4.69, 9.17) is 5.11 Å². The minimum absolute atomic E-state index is 0.0833. The monoisotopic (exact) mass is 430 g/mol. The van der Waals surface area contributed by atoms with Crippen LogP contribution >= 0.6 is 0 Å². The third-order valence-electron chi connectivity index (χ3n) is 7.96. The number of phenolic OH excluding ortho intramolecular Hbond substituents is 2. The molecule has 0 radical (unpaired) electrons. The van der Waals surface area contributed by atoms with E-state index in [1.807, 2.05) is 12.1 Å². The molecule has 1 aromatic carbocycles. The normalized spacial score (nSPS) is 35.0. The van der Waals surface area contributed by atoms with Crippen molar-refractivity contribution in [3.63, 3.8) is 0 Å². The molecule has 4 rings (SSSR count). The van der Waals surface area contributed by atoms with Gasteiger partial charge >= 0.3 is 0 Å². The molecule has 4 atom stereocenters. The zero-order chi connectivity index (χ0) is 22.6. The van der Waals surface area contributed by atoms with Gasteiger partial charge in [-0.05, 0) is 104 Å². The minimum Gasteiger partial charge on any atom is -0.508 e. The van der Waals surface area contributed by atoms with Crippen molar-refractivity contribution < 1.29 is 20.4 Å². The molecule has 4 unspecified atom stereocenters. The predicted molar refractivity (Wildman–Crippen MR) is 125 cm³/mol. The van der Waals surface area contributed by atoms with Gasteiger partial charge < -0.3 is 20.4 Å². The number of benzene rings is 1. The van der Waals surface area contributed by atoms with Gasteiger partial charge in [0.15, 0.2) is 0 Å². The fourth-order valence-corrected chi connectivity index (χ4v) is 7.12. The van der Waals surface area contributed by atoms with E-state index in [1.165, 1.54) is 38.2 Å². The second-order valence-electron chi connectivity index (χ2n) is 10.8. The maximum atomic E-state index is 10.9. The van der Waals surface area contributed by atoms with Crippen LogP contribution in [0.15, 0.2) is 24.8 Å². The molecule has 0 aromatic heterocycles. The summed E-state index contributed by atoms with van der Waals surface area (Å²) < 4.78 is 0. The number of hydrogen-bond donors (Lipinski definition) is 4. The zero-order valence-corrected chi connectivity index (χ0v) is 19.4. The molecule has 0 spiro atoms. The summed E-state index contributed by atoms with van der Waals surface area (Å²) in [6.07, 6.45) is 11.6. The van der Waals surface area contributed by atoms with Gasteiger partial charge in [-0.15, -0.1) is 6.58 Å². The summed E-state index contributed by atoms with van der Waals surface area (Å²) in [6.45, 7) is 8.24. The Bertz CT molecular complexity index is 700. The lowest BCUT2D eigenvalue weighted by atomic mass is 9.54. The summed E-state index contributed by atoms with van der Waals surface area (Å²) in [6, 6.07) is 3.95. The van der Waals surface area contributed by atoms with Crippen LogP contribution in [-0.4, -0.2) is 33.6 Å². The number of aliphatic hydroxyl groups is 2. The van der Waals surface area contributed by atoms with Crippen molar-refractivity contribution in [2.24, 2.45) is 23.7 Å². The molecule has 0 aliphatic heterocycles. The van der Waals surface area contributed by atoms with E-state index in [0.29, 0.717) is 17.8 Å². The first-order valence-electron chi connectivity index (χ1n) is 12.2. The van der Waals surface area contributed by atoms with Gasteiger partial charge in [-0.25, -0.2) is 0 Å². The largest absolute Gasteiger partial charge is 0.508 e. The fourth-order valence-electron chi connectivity index (χ4n) is 7.12. The third-order valence-corrected chi connectivity index (χ3v) is 7.96. The molecule has 0 saturated heterocycles. The molecule has 174 valence electrons. The molecular formula is C27H42O4. The van der Waals surface area contributed by atoms with E-state index in [9.17, 15) is 15.3 Å². The Morgan fingerprint density at radius 2 is 1.55 bits per heavy atom. The Hall–Kier alpha value is -1.52. The van der Waals surface area contributed by atoms with Gasteiger partial charge in [-0.2, -0.15) is 0 Å². The molecule has 4 heteroatoms. The smallest absolute Gasteiger partial charge is 0.123 e. The summed E-state index contributed by atoms with van der Waals surface area (Å²) in [5.41, 5.74) is 1.99. The molecule has 1 aromatic rings. The van der Waals surface area contributed by atoms with Crippen LogP contribution in [-0.2, 0) is 5.41 Å². The van der Waals surface area contributed by atoms with Gasteiger partial charge in [0.25, 0.3) is 0 Å². The summed E-state index contributed by atoms with van der Waals surface area (Å²) in [5.74, 6) is 3.20. The van der Waals surface area contributed by atoms with Crippen molar-refractivity contribution >= 4 is 0 Å². The summed E-state index contributed by atoms with van der Waals surface area (Å²) in [4.78, 5) is 0. The van der Waals surface area contributed by atoms with Crippen LogP contribution in [0.3, 0.4) is 0 Å². The molecule has 3 fully saturated rings. The van der Waals surface area contributed by atoms with Gasteiger partial charge in [0.05, 0.1) is 6.61 Å². The van der Waals surface area contributed by atoms with Gasteiger partial charge in [-0.1, -0.05) is 26.3 Å². The molecule has 0 heterocycles. The Balaban J connectivity index is 0.000000628. The van der Waals surface area contributed by atoms with E-state index in [1.54, 1.807) is 0 Å². The SMILES string of the molecule is C=CCO.CC1CC2CC(C)CC(c3cc(O)c(C4CCCC(CO)C4)c(O)c3)(C1)C2. The maximum Gasteiger partial charge on any atom is 0.123 e. The molecule has 3 aliphatic carbocycles. The third kappa shape index (κ3) is 5.46. The summed E-state index contributed by atoms with van der Waals surface area (Å²) in [7, 11) is 0. The standard InChI is InChI=1S/C24H36O3.C3H6O/c1-15-6-18-7-16(2)12-24(11-15,13-18)20-9-21(26)23(22(27)10-20)19-5-3-4-17(8-19)14-25;1-2-3-4/h9-10,15-19,25-27H,3-8,11-14H2,1-2H3;2,4H,1,3H2. The van der Waals surface area contributed by atoms with Gasteiger partial charge in [0.2, 0.25) is 0 Å². The van der Waals surface area contributed by atoms with Crippen molar-refractivity contribution in [3.8, 4) is 11.5 Å². The maximum absolute atomic E-state index is 10.9. The first-order valence-corrected chi connectivity index (χ1v) is 12.2. The molecule has 0 amide bonds. The molecule has 4 N–H and O–H groups in total. The van der Waals surface area contributed by atoms with E-state index in [2.05, 4.69) is 20.4 Å². The lowest BCUT2D eigenvalue weighted by Crippen LogP contribution is -2.42. The highest BCUT2D eigenvalue weighted by Gasteiger charge is 2.45. The van der Waals surface area contributed by atoms with Crippen LogP contribution in [0.2, 0.25) is 0 Å². The highest BCUT2D eigenvalue weighted by molar-refractivity contribution is 5.51. The molecule has 4 nitrogen and oxygen atoms in total. The molecule has 2 bridgehead atoms. The van der Waals surface area contributed by atoms with Crippen LogP contribution in [0.5, 0.6) is 11.5 Å². The number of aromatic hydroxyl groups is 2. The lowest BCUT2D eigenvalue weighted by Gasteiger charge is -2.50. The second kappa shape index (κ2) is 10.4.